The Morgan fingerprint density at radius 2 is 2.10 bits per heavy atom. The van der Waals surface area contributed by atoms with Crippen LogP contribution in [-0.4, -0.2) is 28.8 Å². The van der Waals surface area contributed by atoms with Gasteiger partial charge in [-0.05, 0) is 19.1 Å². The van der Waals surface area contributed by atoms with Crippen LogP contribution in [0.1, 0.15) is 17.4 Å². The number of para-hydroxylation sites is 1. The van der Waals surface area contributed by atoms with Crippen LogP contribution in [0.25, 0.3) is 10.6 Å². The van der Waals surface area contributed by atoms with Gasteiger partial charge in [-0.1, -0.05) is 12.1 Å². The fourth-order valence-corrected chi connectivity index (χ4v) is 2.29. The van der Waals surface area contributed by atoms with Crippen LogP contribution in [0.2, 0.25) is 0 Å². The number of aromatic nitrogens is 1. The number of carboxylic acids is 1. The standard InChI is InChI=1S/C13H11NO5S/c1-2-18-13(17)19-10-6-4-3-5-8(10)11-14-9(7-20-11)12(15)16/h3-7H,2H2,1H3,(H,15,16). The van der Waals surface area contributed by atoms with Gasteiger partial charge in [0.2, 0.25) is 0 Å². The SMILES string of the molecule is CCOC(=O)Oc1ccccc1-c1nc(C(=O)O)cs1. The first kappa shape index (κ1) is 14.0. The van der Waals surface area contributed by atoms with Gasteiger partial charge in [-0.25, -0.2) is 14.6 Å². The molecule has 1 aromatic carbocycles. The predicted octanol–water partition coefficient (Wildman–Crippen LogP) is 3.04. The van der Waals surface area contributed by atoms with Gasteiger partial charge < -0.3 is 14.6 Å². The van der Waals surface area contributed by atoms with Crippen LogP contribution < -0.4 is 4.74 Å². The normalized spacial score (nSPS) is 10.1. The van der Waals surface area contributed by atoms with Crippen LogP contribution in [0, 0.1) is 0 Å². The summed E-state index contributed by atoms with van der Waals surface area (Å²) in [5.41, 5.74) is 0.494. The highest BCUT2D eigenvalue weighted by molar-refractivity contribution is 7.13. The summed E-state index contributed by atoms with van der Waals surface area (Å²) in [5.74, 6) is -0.825. The minimum atomic E-state index is -1.10. The summed E-state index contributed by atoms with van der Waals surface area (Å²) < 4.78 is 9.78. The first-order valence-corrected chi connectivity index (χ1v) is 6.62. The van der Waals surface area contributed by atoms with Crippen LogP contribution in [0.5, 0.6) is 5.75 Å². The third-order valence-corrected chi connectivity index (χ3v) is 3.17. The molecule has 0 aliphatic carbocycles. The van der Waals surface area contributed by atoms with Gasteiger partial charge in [-0.2, -0.15) is 0 Å². The van der Waals surface area contributed by atoms with Crippen LogP contribution in [0.3, 0.4) is 0 Å². The van der Waals surface area contributed by atoms with Crippen LogP contribution in [0.4, 0.5) is 4.79 Å². The van der Waals surface area contributed by atoms with Crippen LogP contribution in [-0.2, 0) is 4.74 Å². The molecule has 2 aromatic rings. The van der Waals surface area contributed by atoms with Crippen molar-refractivity contribution in [1.82, 2.24) is 4.98 Å². The Bertz CT molecular complexity index is 637. The Kier molecular flexibility index (Phi) is 4.31. The number of ether oxygens (including phenoxy) is 2. The lowest BCUT2D eigenvalue weighted by Gasteiger charge is -2.07. The van der Waals surface area contributed by atoms with E-state index in [9.17, 15) is 9.59 Å². The Morgan fingerprint density at radius 1 is 1.35 bits per heavy atom. The quantitative estimate of drug-likeness (QED) is 0.688. The minimum Gasteiger partial charge on any atom is -0.476 e. The summed E-state index contributed by atoms with van der Waals surface area (Å²) in [6.45, 7) is 1.88. The van der Waals surface area contributed by atoms with E-state index in [-0.39, 0.29) is 18.1 Å². The van der Waals surface area contributed by atoms with Gasteiger partial charge in [-0.15, -0.1) is 11.3 Å². The Hall–Kier alpha value is -2.41. The van der Waals surface area contributed by atoms with Gasteiger partial charge in [0.05, 0.1) is 12.2 Å². The van der Waals surface area contributed by atoms with E-state index in [0.29, 0.717) is 10.6 Å². The zero-order chi connectivity index (χ0) is 14.5. The molecule has 0 amide bonds. The van der Waals surface area contributed by atoms with Gasteiger partial charge in [0.1, 0.15) is 10.8 Å². The monoisotopic (exact) mass is 293 g/mol. The Morgan fingerprint density at radius 3 is 2.75 bits per heavy atom. The highest BCUT2D eigenvalue weighted by Crippen LogP contribution is 2.32. The maximum absolute atomic E-state index is 11.4. The number of hydrogen-bond donors (Lipinski definition) is 1. The fraction of sp³-hybridized carbons (Fsp3) is 0.154. The highest BCUT2D eigenvalue weighted by atomic mass is 32.1. The molecule has 1 heterocycles. The van der Waals surface area contributed by atoms with E-state index in [4.69, 9.17) is 14.6 Å². The Balaban J connectivity index is 2.31. The summed E-state index contributed by atoms with van der Waals surface area (Å²) >= 11 is 1.16. The third-order valence-electron chi connectivity index (χ3n) is 2.30. The molecule has 6 nitrogen and oxygen atoms in total. The number of rotatable bonds is 4. The smallest absolute Gasteiger partial charge is 0.476 e. The number of hydrogen-bond acceptors (Lipinski definition) is 6. The number of carbonyl (C=O) groups excluding carboxylic acids is 1. The molecule has 1 N–H and O–H groups in total. The zero-order valence-electron chi connectivity index (χ0n) is 10.5. The number of carboxylic acid groups (broad SMARTS) is 1. The van der Waals surface area contributed by atoms with Crippen molar-refractivity contribution in [2.24, 2.45) is 0 Å². The van der Waals surface area contributed by atoms with E-state index < -0.39 is 12.1 Å². The molecule has 0 spiro atoms. The van der Waals surface area contributed by atoms with Gasteiger partial charge in [0.25, 0.3) is 0 Å². The van der Waals surface area contributed by atoms with E-state index in [1.54, 1.807) is 31.2 Å². The zero-order valence-corrected chi connectivity index (χ0v) is 11.3. The molecule has 20 heavy (non-hydrogen) atoms. The molecule has 0 unspecified atom stereocenters. The molecule has 0 bridgehead atoms. The van der Waals surface area contributed by atoms with E-state index in [1.165, 1.54) is 5.38 Å². The average molecular weight is 293 g/mol. The lowest BCUT2D eigenvalue weighted by molar-refractivity contribution is 0.0691. The number of thiazole rings is 1. The third kappa shape index (κ3) is 3.12. The molecule has 0 aliphatic heterocycles. The van der Waals surface area contributed by atoms with Crippen molar-refractivity contribution in [3.05, 3.63) is 35.3 Å². The van der Waals surface area contributed by atoms with Gasteiger partial charge >= 0.3 is 12.1 Å². The number of carbonyl (C=O) groups is 2. The first-order chi connectivity index (χ1) is 9.61. The summed E-state index contributed by atoms with van der Waals surface area (Å²) in [6, 6.07) is 6.73. The van der Waals surface area contributed by atoms with Crippen molar-refractivity contribution in [1.29, 1.82) is 0 Å². The molecule has 7 heteroatoms. The first-order valence-electron chi connectivity index (χ1n) is 5.74. The van der Waals surface area contributed by atoms with Crippen molar-refractivity contribution in [2.45, 2.75) is 6.92 Å². The highest BCUT2D eigenvalue weighted by Gasteiger charge is 2.15. The second kappa shape index (κ2) is 6.16. The van der Waals surface area contributed by atoms with Gasteiger partial charge in [0.15, 0.2) is 5.69 Å². The molecule has 104 valence electrons. The van der Waals surface area contributed by atoms with E-state index in [2.05, 4.69) is 4.98 Å². The van der Waals surface area contributed by atoms with E-state index in [0.717, 1.165) is 11.3 Å². The molecule has 0 saturated heterocycles. The molecule has 1 aromatic heterocycles. The van der Waals surface area contributed by atoms with Crippen molar-refractivity contribution in [2.75, 3.05) is 6.61 Å². The van der Waals surface area contributed by atoms with Crippen molar-refractivity contribution < 1.29 is 24.2 Å². The lowest BCUT2D eigenvalue weighted by atomic mass is 10.2. The summed E-state index contributed by atoms with van der Waals surface area (Å²) in [7, 11) is 0. The minimum absolute atomic E-state index is 0.0454. The molecule has 0 saturated carbocycles. The van der Waals surface area contributed by atoms with Crippen molar-refractivity contribution in [3.8, 4) is 16.3 Å². The van der Waals surface area contributed by atoms with E-state index >= 15 is 0 Å². The van der Waals surface area contributed by atoms with Crippen molar-refractivity contribution >= 4 is 23.5 Å². The topological polar surface area (TPSA) is 85.7 Å². The fourth-order valence-electron chi connectivity index (χ4n) is 1.47. The molecular formula is C13H11NO5S. The Labute approximate surface area is 118 Å². The molecule has 0 aliphatic rings. The number of nitrogens with zero attached hydrogens (tertiary/aromatic N) is 1. The van der Waals surface area contributed by atoms with Gasteiger partial charge in [-0.3, -0.25) is 0 Å². The summed E-state index contributed by atoms with van der Waals surface area (Å²) in [6.07, 6.45) is -0.810. The van der Waals surface area contributed by atoms with Crippen LogP contribution in [0.15, 0.2) is 29.6 Å². The maximum atomic E-state index is 11.4. The molecule has 0 radical (unpaired) electrons. The predicted molar refractivity (Wildman–Crippen MR) is 72.2 cm³/mol. The van der Waals surface area contributed by atoms with Gasteiger partial charge in [0, 0.05) is 5.38 Å². The van der Waals surface area contributed by atoms with Crippen LogP contribution >= 0.6 is 11.3 Å². The maximum Gasteiger partial charge on any atom is 0.513 e. The molecular weight excluding hydrogens is 282 g/mol. The summed E-state index contributed by atoms with van der Waals surface area (Å²) in [4.78, 5) is 26.2. The molecule has 0 fully saturated rings. The largest absolute Gasteiger partial charge is 0.513 e. The lowest BCUT2D eigenvalue weighted by Crippen LogP contribution is -2.10. The molecule has 0 atom stereocenters. The number of benzene rings is 1. The second-order valence-corrected chi connectivity index (χ2v) is 4.48. The summed E-state index contributed by atoms with van der Waals surface area (Å²) in [5, 5.41) is 10.8. The second-order valence-electron chi connectivity index (χ2n) is 3.62. The number of aromatic carboxylic acids is 1. The van der Waals surface area contributed by atoms with E-state index in [1.807, 2.05) is 0 Å². The molecule has 2 rings (SSSR count). The van der Waals surface area contributed by atoms with Crippen molar-refractivity contribution in [3.63, 3.8) is 0 Å². The average Bonchev–Trinajstić information content (AvgIpc) is 2.89.